The first-order chi connectivity index (χ1) is 16.0. The Balaban J connectivity index is 1.54. The van der Waals surface area contributed by atoms with Crippen molar-refractivity contribution in [3.05, 3.63) is 75.9 Å². The predicted molar refractivity (Wildman–Crippen MR) is 136 cm³/mol. The Morgan fingerprint density at radius 2 is 1.88 bits per heavy atom. The van der Waals surface area contributed by atoms with Crippen LogP contribution in [0.4, 0.5) is 11.4 Å². The molecule has 0 bridgehead atoms. The van der Waals surface area contributed by atoms with Crippen LogP contribution in [0.2, 0.25) is 5.02 Å². The summed E-state index contributed by atoms with van der Waals surface area (Å²) in [5.41, 5.74) is 1.27. The summed E-state index contributed by atoms with van der Waals surface area (Å²) in [6, 6.07) is 17.3. The molecule has 1 atom stereocenters. The molecular weight excluding hydrogens is 478 g/mol. The van der Waals surface area contributed by atoms with Crippen LogP contribution in [-0.2, 0) is 16.0 Å². The highest BCUT2D eigenvalue weighted by molar-refractivity contribution is 7.80. The van der Waals surface area contributed by atoms with E-state index in [4.69, 9.17) is 28.6 Å². The van der Waals surface area contributed by atoms with E-state index in [1.807, 2.05) is 16.3 Å². The molecule has 0 radical (unpaired) electrons. The molecular formula is C24H22ClN3O3S2. The van der Waals surface area contributed by atoms with Gasteiger partial charge in [-0.15, -0.1) is 11.3 Å². The quantitative estimate of drug-likeness (QED) is 0.443. The first-order valence-electron chi connectivity index (χ1n) is 10.3. The predicted octanol–water partition coefficient (Wildman–Crippen LogP) is 4.98. The number of benzene rings is 2. The minimum absolute atomic E-state index is 0.0152. The van der Waals surface area contributed by atoms with Gasteiger partial charge in [0.05, 0.1) is 19.2 Å². The largest absolute Gasteiger partial charge is 0.497 e. The topological polar surface area (TPSA) is 61.9 Å². The molecule has 0 aliphatic carbocycles. The van der Waals surface area contributed by atoms with Gasteiger partial charge in [-0.25, -0.2) is 0 Å². The number of thiophene rings is 1. The zero-order valence-corrected chi connectivity index (χ0v) is 20.3. The molecule has 9 heteroatoms. The lowest BCUT2D eigenvalue weighted by Crippen LogP contribution is -2.39. The van der Waals surface area contributed by atoms with Crippen molar-refractivity contribution in [2.45, 2.75) is 18.9 Å². The van der Waals surface area contributed by atoms with Gasteiger partial charge in [0.1, 0.15) is 11.8 Å². The van der Waals surface area contributed by atoms with Gasteiger partial charge >= 0.3 is 0 Å². The lowest BCUT2D eigenvalue weighted by Gasteiger charge is -2.23. The number of methoxy groups -OCH3 is 1. The molecule has 0 saturated carbocycles. The second-order valence-corrected chi connectivity index (χ2v) is 9.29. The summed E-state index contributed by atoms with van der Waals surface area (Å²) < 4.78 is 5.22. The number of halogens is 1. The highest BCUT2D eigenvalue weighted by Gasteiger charge is 2.43. The summed E-state index contributed by atoms with van der Waals surface area (Å²) in [7, 11) is 1.59. The average molecular weight is 500 g/mol. The first kappa shape index (κ1) is 23.2. The molecule has 4 rings (SSSR count). The van der Waals surface area contributed by atoms with Gasteiger partial charge in [-0.05, 0) is 78.6 Å². The second kappa shape index (κ2) is 10.3. The van der Waals surface area contributed by atoms with Gasteiger partial charge in [0.2, 0.25) is 5.91 Å². The molecule has 0 unspecified atom stereocenters. The van der Waals surface area contributed by atoms with Gasteiger partial charge in [0.25, 0.3) is 5.91 Å². The molecule has 1 aliphatic heterocycles. The van der Waals surface area contributed by atoms with E-state index in [-0.39, 0.29) is 18.2 Å². The zero-order chi connectivity index (χ0) is 23.4. The van der Waals surface area contributed by atoms with Crippen LogP contribution in [0.3, 0.4) is 0 Å². The van der Waals surface area contributed by atoms with E-state index < -0.39 is 6.04 Å². The fourth-order valence-corrected chi connectivity index (χ4v) is 4.90. The number of amides is 2. The van der Waals surface area contributed by atoms with Crippen LogP contribution in [0.1, 0.15) is 11.3 Å². The number of carbonyl (C=O) groups is 2. The maximum Gasteiger partial charge on any atom is 0.256 e. The number of rotatable bonds is 8. The van der Waals surface area contributed by atoms with Crippen molar-refractivity contribution >= 4 is 63.5 Å². The maximum absolute atomic E-state index is 13.4. The Morgan fingerprint density at radius 3 is 2.52 bits per heavy atom. The normalized spacial score (nSPS) is 15.8. The summed E-state index contributed by atoms with van der Waals surface area (Å²) >= 11 is 13.3. The minimum atomic E-state index is -0.688. The van der Waals surface area contributed by atoms with Crippen molar-refractivity contribution in [3.8, 4) is 5.75 Å². The van der Waals surface area contributed by atoms with Crippen LogP contribution in [-0.4, -0.2) is 41.5 Å². The van der Waals surface area contributed by atoms with E-state index in [1.54, 1.807) is 67.0 Å². The molecule has 1 saturated heterocycles. The molecule has 6 nitrogen and oxygen atoms in total. The van der Waals surface area contributed by atoms with Crippen molar-refractivity contribution in [3.63, 3.8) is 0 Å². The third kappa shape index (κ3) is 5.35. The average Bonchev–Trinajstić information content (AvgIpc) is 3.41. The van der Waals surface area contributed by atoms with Gasteiger partial charge in [0, 0.05) is 22.1 Å². The van der Waals surface area contributed by atoms with Crippen molar-refractivity contribution in [2.75, 3.05) is 23.9 Å². The number of nitrogens with one attached hydrogen (secondary N) is 1. The van der Waals surface area contributed by atoms with Crippen LogP contribution in [0.5, 0.6) is 5.75 Å². The summed E-state index contributed by atoms with van der Waals surface area (Å²) in [5.74, 6) is 0.198. The van der Waals surface area contributed by atoms with E-state index in [1.165, 1.54) is 9.78 Å². The minimum Gasteiger partial charge on any atom is -0.497 e. The summed E-state index contributed by atoms with van der Waals surface area (Å²) in [6.07, 6.45) is 0.718. The zero-order valence-electron chi connectivity index (χ0n) is 17.9. The summed E-state index contributed by atoms with van der Waals surface area (Å²) in [4.78, 5) is 30.8. The van der Waals surface area contributed by atoms with E-state index in [0.29, 0.717) is 33.8 Å². The van der Waals surface area contributed by atoms with E-state index in [0.717, 1.165) is 6.42 Å². The Bertz CT molecular complexity index is 1130. The van der Waals surface area contributed by atoms with E-state index >= 15 is 0 Å². The highest BCUT2D eigenvalue weighted by atomic mass is 35.5. The third-order valence-electron chi connectivity index (χ3n) is 5.34. The van der Waals surface area contributed by atoms with Gasteiger partial charge in [-0.1, -0.05) is 17.7 Å². The number of nitrogens with zero attached hydrogens (tertiary/aromatic N) is 2. The SMILES string of the molecule is COc1ccc(N2C(=O)[C@H](CC(=O)Nc3ccc(Cl)cc3)N(CCc3cccs3)C2=S)cc1. The number of carbonyl (C=O) groups excluding carboxylic acids is 2. The third-order valence-corrected chi connectivity index (χ3v) is 6.94. The van der Waals surface area contributed by atoms with E-state index in [2.05, 4.69) is 11.4 Å². The van der Waals surface area contributed by atoms with Gasteiger partial charge in [-0.2, -0.15) is 0 Å². The molecule has 33 heavy (non-hydrogen) atoms. The van der Waals surface area contributed by atoms with Crippen molar-refractivity contribution in [2.24, 2.45) is 0 Å². The number of anilines is 2. The smallest absolute Gasteiger partial charge is 0.256 e. The Kier molecular flexibility index (Phi) is 7.27. The van der Waals surface area contributed by atoms with Gasteiger partial charge in [0.15, 0.2) is 5.11 Å². The summed E-state index contributed by atoms with van der Waals surface area (Å²) in [5, 5.41) is 5.83. The molecule has 2 aromatic carbocycles. The maximum atomic E-state index is 13.4. The van der Waals surface area contributed by atoms with Gasteiger partial charge < -0.3 is 15.0 Å². The standard InChI is InChI=1S/C24H22ClN3O3S2/c1-31-19-10-8-18(9-11-19)28-23(30)21(15-22(29)26-17-6-4-16(25)5-7-17)27(24(28)32)13-12-20-3-2-14-33-20/h2-11,14,21H,12-13,15H2,1H3,(H,26,29)/t21-/m0/s1. The number of thiocarbonyl (C=S) groups is 1. The fourth-order valence-electron chi connectivity index (χ4n) is 3.66. The molecule has 3 aromatic rings. The molecule has 170 valence electrons. The number of hydrogen-bond acceptors (Lipinski definition) is 5. The molecule has 1 fully saturated rings. The van der Waals surface area contributed by atoms with Crippen LogP contribution in [0, 0.1) is 0 Å². The van der Waals surface area contributed by atoms with Crippen molar-refractivity contribution in [1.29, 1.82) is 0 Å². The number of hydrogen-bond donors (Lipinski definition) is 1. The lowest BCUT2D eigenvalue weighted by atomic mass is 10.1. The van der Waals surface area contributed by atoms with Crippen LogP contribution < -0.4 is 15.0 Å². The molecule has 2 heterocycles. The lowest BCUT2D eigenvalue weighted by molar-refractivity contribution is -0.124. The second-order valence-electron chi connectivity index (χ2n) is 7.45. The van der Waals surface area contributed by atoms with Crippen molar-refractivity contribution < 1.29 is 14.3 Å². The van der Waals surface area contributed by atoms with Gasteiger partial charge in [-0.3, -0.25) is 14.5 Å². The highest BCUT2D eigenvalue weighted by Crippen LogP contribution is 2.29. The van der Waals surface area contributed by atoms with Crippen molar-refractivity contribution in [1.82, 2.24) is 4.90 Å². The van der Waals surface area contributed by atoms with E-state index in [9.17, 15) is 9.59 Å². The Hall–Kier alpha value is -2.94. The molecule has 1 N–H and O–H groups in total. The Morgan fingerprint density at radius 1 is 1.15 bits per heavy atom. The fraction of sp³-hybridized carbons (Fsp3) is 0.208. The van der Waals surface area contributed by atoms with Crippen LogP contribution in [0.15, 0.2) is 66.0 Å². The number of ether oxygens (including phenoxy) is 1. The molecule has 1 aliphatic rings. The molecule has 0 spiro atoms. The molecule has 2 amide bonds. The molecule has 1 aromatic heterocycles. The van der Waals surface area contributed by atoms with Crippen LogP contribution >= 0.6 is 35.2 Å². The van der Waals surface area contributed by atoms with Crippen LogP contribution in [0.25, 0.3) is 0 Å². The Labute approximate surface area is 206 Å². The summed E-state index contributed by atoms with van der Waals surface area (Å²) in [6.45, 7) is 0.538. The first-order valence-corrected chi connectivity index (χ1v) is 12.0. The monoisotopic (exact) mass is 499 g/mol.